The van der Waals surface area contributed by atoms with Gasteiger partial charge in [0, 0.05) is 11.6 Å². The van der Waals surface area contributed by atoms with E-state index in [4.69, 9.17) is 9.84 Å². The first-order valence-corrected chi connectivity index (χ1v) is 4.39. The molecule has 1 aromatic carbocycles. The van der Waals surface area contributed by atoms with E-state index in [0.717, 1.165) is 5.39 Å². The molecule has 0 aliphatic rings. The van der Waals surface area contributed by atoms with Gasteiger partial charge in [-0.05, 0) is 18.2 Å². The number of rotatable bonds is 2. The minimum absolute atomic E-state index is 0.107. The smallest absolute Gasteiger partial charge is 0.341 e. The van der Waals surface area contributed by atoms with Crippen molar-refractivity contribution in [2.45, 2.75) is 0 Å². The average molecular weight is 203 g/mol. The van der Waals surface area contributed by atoms with Gasteiger partial charge in [0.05, 0.1) is 12.6 Å². The molecule has 0 aliphatic carbocycles. The zero-order chi connectivity index (χ0) is 10.8. The number of pyridine rings is 1. The molecule has 0 fully saturated rings. The van der Waals surface area contributed by atoms with Gasteiger partial charge in [-0.3, -0.25) is 4.98 Å². The van der Waals surface area contributed by atoms with Crippen molar-refractivity contribution in [1.82, 2.24) is 4.98 Å². The van der Waals surface area contributed by atoms with Gasteiger partial charge in [-0.1, -0.05) is 6.07 Å². The molecular weight excluding hydrogens is 194 g/mol. The Hall–Kier alpha value is -2.10. The summed E-state index contributed by atoms with van der Waals surface area (Å²) in [5.41, 5.74) is 0.556. The highest BCUT2D eigenvalue weighted by Gasteiger charge is 2.15. The zero-order valence-corrected chi connectivity index (χ0v) is 8.10. The van der Waals surface area contributed by atoms with Gasteiger partial charge >= 0.3 is 5.97 Å². The lowest BCUT2D eigenvalue weighted by Crippen LogP contribution is -2.02. The van der Waals surface area contributed by atoms with Crippen LogP contribution in [0.3, 0.4) is 0 Å². The third-order valence-electron chi connectivity index (χ3n) is 2.17. The van der Waals surface area contributed by atoms with Crippen LogP contribution >= 0.6 is 0 Å². The number of ether oxygens (including phenoxy) is 1. The van der Waals surface area contributed by atoms with Crippen molar-refractivity contribution in [3.05, 3.63) is 36.0 Å². The number of aromatic nitrogens is 1. The summed E-state index contributed by atoms with van der Waals surface area (Å²) in [4.78, 5) is 15.1. The van der Waals surface area contributed by atoms with Gasteiger partial charge in [0.1, 0.15) is 11.3 Å². The number of methoxy groups -OCH3 is 1. The maximum Gasteiger partial charge on any atom is 0.341 e. The molecular formula is C11H9NO3. The summed E-state index contributed by atoms with van der Waals surface area (Å²) < 4.78 is 4.99. The SMILES string of the molecule is COc1ccc2cccnc2c1C(=O)O. The highest BCUT2D eigenvalue weighted by Crippen LogP contribution is 2.25. The molecule has 0 aliphatic heterocycles. The quantitative estimate of drug-likeness (QED) is 0.810. The predicted molar refractivity (Wildman–Crippen MR) is 55.3 cm³/mol. The Morgan fingerprint density at radius 3 is 2.87 bits per heavy atom. The van der Waals surface area contributed by atoms with E-state index in [9.17, 15) is 4.79 Å². The van der Waals surface area contributed by atoms with Gasteiger partial charge in [-0.15, -0.1) is 0 Å². The Labute approximate surface area is 86.1 Å². The fourth-order valence-electron chi connectivity index (χ4n) is 1.50. The van der Waals surface area contributed by atoms with E-state index in [0.29, 0.717) is 11.3 Å². The molecule has 0 bridgehead atoms. The van der Waals surface area contributed by atoms with E-state index in [1.54, 1.807) is 24.4 Å². The minimum atomic E-state index is -1.03. The molecule has 0 saturated carbocycles. The second-order valence-corrected chi connectivity index (χ2v) is 3.02. The summed E-state index contributed by atoms with van der Waals surface area (Å²) in [6, 6.07) is 7.00. The summed E-state index contributed by atoms with van der Waals surface area (Å²) in [5.74, 6) is -0.704. The number of hydrogen-bond acceptors (Lipinski definition) is 3. The second kappa shape index (κ2) is 3.57. The van der Waals surface area contributed by atoms with Gasteiger partial charge in [0.25, 0.3) is 0 Å². The largest absolute Gasteiger partial charge is 0.496 e. The predicted octanol–water partition coefficient (Wildman–Crippen LogP) is 1.94. The molecule has 0 radical (unpaired) electrons. The number of fused-ring (bicyclic) bond motifs is 1. The van der Waals surface area contributed by atoms with Gasteiger partial charge in [-0.25, -0.2) is 4.79 Å². The second-order valence-electron chi connectivity index (χ2n) is 3.02. The van der Waals surface area contributed by atoms with Gasteiger partial charge in [0.15, 0.2) is 0 Å². The van der Waals surface area contributed by atoms with Crippen LogP contribution in [-0.4, -0.2) is 23.2 Å². The fraction of sp³-hybridized carbons (Fsp3) is 0.0909. The van der Waals surface area contributed by atoms with Crippen LogP contribution in [0.4, 0.5) is 0 Å². The lowest BCUT2D eigenvalue weighted by Gasteiger charge is -2.06. The summed E-state index contributed by atoms with van der Waals surface area (Å²) in [7, 11) is 1.44. The van der Waals surface area contributed by atoms with Gasteiger partial charge in [-0.2, -0.15) is 0 Å². The van der Waals surface area contributed by atoms with Crippen LogP contribution < -0.4 is 4.74 Å². The number of hydrogen-bond donors (Lipinski definition) is 1. The zero-order valence-electron chi connectivity index (χ0n) is 8.10. The minimum Gasteiger partial charge on any atom is -0.496 e. The third-order valence-corrected chi connectivity index (χ3v) is 2.17. The third kappa shape index (κ3) is 1.50. The first kappa shape index (κ1) is 9.45. The normalized spacial score (nSPS) is 10.2. The number of nitrogens with zero attached hydrogens (tertiary/aromatic N) is 1. The molecule has 0 amide bonds. The highest BCUT2D eigenvalue weighted by molar-refractivity contribution is 6.04. The van der Waals surface area contributed by atoms with Gasteiger partial charge in [0.2, 0.25) is 0 Å². The van der Waals surface area contributed by atoms with Crippen LogP contribution in [0.2, 0.25) is 0 Å². The average Bonchev–Trinajstić information content (AvgIpc) is 2.27. The van der Waals surface area contributed by atoms with Crippen molar-refractivity contribution in [1.29, 1.82) is 0 Å². The highest BCUT2D eigenvalue weighted by atomic mass is 16.5. The summed E-state index contributed by atoms with van der Waals surface area (Å²) in [6.45, 7) is 0. The van der Waals surface area contributed by atoms with Crippen LogP contribution in [0.15, 0.2) is 30.5 Å². The van der Waals surface area contributed by atoms with E-state index in [1.807, 2.05) is 6.07 Å². The molecule has 1 aromatic heterocycles. The summed E-state index contributed by atoms with van der Waals surface area (Å²) >= 11 is 0. The summed E-state index contributed by atoms with van der Waals surface area (Å²) in [6.07, 6.45) is 1.56. The van der Waals surface area contributed by atoms with E-state index >= 15 is 0 Å². The molecule has 0 atom stereocenters. The number of carbonyl (C=O) groups is 1. The molecule has 4 heteroatoms. The number of carboxylic acids is 1. The van der Waals surface area contributed by atoms with Crippen LogP contribution in [0.5, 0.6) is 5.75 Å². The number of carboxylic acid groups (broad SMARTS) is 1. The Morgan fingerprint density at radius 2 is 2.20 bits per heavy atom. The molecule has 0 saturated heterocycles. The fourth-order valence-corrected chi connectivity index (χ4v) is 1.50. The van der Waals surface area contributed by atoms with Gasteiger partial charge < -0.3 is 9.84 Å². The lowest BCUT2D eigenvalue weighted by molar-refractivity contribution is 0.0695. The van der Waals surface area contributed by atoms with Crippen LogP contribution in [0.25, 0.3) is 10.9 Å². The number of aromatic carboxylic acids is 1. The van der Waals surface area contributed by atoms with E-state index in [2.05, 4.69) is 4.98 Å². The maximum atomic E-state index is 11.1. The molecule has 2 aromatic rings. The Bertz CT molecular complexity index is 522. The molecule has 1 N–H and O–H groups in total. The van der Waals surface area contributed by atoms with Crippen molar-refractivity contribution in [3.63, 3.8) is 0 Å². The molecule has 1 heterocycles. The molecule has 0 spiro atoms. The Balaban J connectivity index is 2.85. The van der Waals surface area contributed by atoms with E-state index in [-0.39, 0.29) is 5.56 Å². The van der Waals surface area contributed by atoms with Crippen molar-refractivity contribution in [2.75, 3.05) is 7.11 Å². The Morgan fingerprint density at radius 1 is 1.40 bits per heavy atom. The van der Waals surface area contributed by atoms with E-state index < -0.39 is 5.97 Å². The molecule has 76 valence electrons. The first-order valence-electron chi connectivity index (χ1n) is 4.39. The lowest BCUT2D eigenvalue weighted by atomic mass is 10.1. The van der Waals surface area contributed by atoms with Crippen LogP contribution in [-0.2, 0) is 0 Å². The van der Waals surface area contributed by atoms with Crippen LogP contribution in [0, 0.1) is 0 Å². The van der Waals surface area contributed by atoms with Crippen molar-refractivity contribution in [2.24, 2.45) is 0 Å². The molecule has 0 unspecified atom stereocenters. The number of benzene rings is 1. The van der Waals surface area contributed by atoms with Crippen LogP contribution in [0.1, 0.15) is 10.4 Å². The molecule has 2 rings (SSSR count). The first-order chi connectivity index (χ1) is 7.24. The molecule has 15 heavy (non-hydrogen) atoms. The standard InChI is InChI=1S/C11H9NO3/c1-15-8-5-4-7-3-2-6-12-10(7)9(8)11(13)14/h2-6H,1H3,(H,13,14). The Kier molecular flexibility index (Phi) is 2.25. The molecule has 4 nitrogen and oxygen atoms in total. The maximum absolute atomic E-state index is 11.1. The topological polar surface area (TPSA) is 59.4 Å². The van der Waals surface area contributed by atoms with Crippen molar-refractivity contribution >= 4 is 16.9 Å². The summed E-state index contributed by atoms with van der Waals surface area (Å²) in [5, 5.41) is 9.86. The van der Waals surface area contributed by atoms with Crippen molar-refractivity contribution in [3.8, 4) is 5.75 Å². The van der Waals surface area contributed by atoms with Crippen molar-refractivity contribution < 1.29 is 14.6 Å². The monoisotopic (exact) mass is 203 g/mol. The van der Waals surface area contributed by atoms with E-state index in [1.165, 1.54) is 7.11 Å².